The van der Waals surface area contributed by atoms with Crippen molar-refractivity contribution in [3.63, 3.8) is 0 Å². The number of nitrogens with zero attached hydrogens (tertiary/aromatic N) is 3. The van der Waals surface area contributed by atoms with Gasteiger partial charge in [0.05, 0.1) is 13.7 Å². The van der Waals surface area contributed by atoms with E-state index in [1.807, 2.05) is 28.4 Å². The Balaban J connectivity index is 1.82. The molecule has 0 saturated carbocycles. The van der Waals surface area contributed by atoms with Gasteiger partial charge in [0.25, 0.3) is 0 Å². The van der Waals surface area contributed by atoms with Crippen LogP contribution in [-0.2, 0) is 23.2 Å². The van der Waals surface area contributed by atoms with Gasteiger partial charge in [-0.2, -0.15) is 4.68 Å². The lowest BCUT2D eigenvalue weighted by Crippen LogP contribution is -3.14. The van der Waals surface area contributed by atoms with Crippen LogP contribution in [0.4, 0.5) is 0 Å². The Morgan fingerprint density at radius 3 is 2.96 bits per heavy atom. The van der Waals surface area contributed by atoms with Gasteiger partial charge in [0.15, 0.2) is 17.7 Å². The minimum Gasteiger partial charge on any atom is -0.468 e. The first-order valence-electron chi connectivity index (χ1n) is 8.24. The normalized spacial score (nSPS) is 20.4. The number of ether oxygens (including phenoxy) is 1. The average molecular weight is 380 g/mol. The molecule has 0 radical (unpaired) electrons. The number of carbonyl (C=O) groups is 1. The molecule has 0 aliphatic carbocycles. The summed E-state index contributed by atoms with van der Waals surface area (Å²) in [7, 11) is 3.40. The molecule has 1 saturated heterocycles. The third-order valence-corrected chi connectivity index (χ3v) is 6.20. The minimum absolute atomic E-state index is 0.109. The van der Waals surface area contributed by atoms with E-state index in [9.17, 15) is 4.79 Å². The summed E-state index contributed by atoms with van der Waals surface area (Å²) in [5.41, 5.74) is 2.26. The number of aromatic nitrogens is 3. The Hall–Kier alpha value is -1.64. The van der Waals surface area contributed by atoms with Crippen LogP contribution in [0.2, 0.25) is 0 Å². The molecule has 0 bridgehead atoms. The van der Waals surface area contributed by atoms with Gasteiger partial charge in [-0.1, -0.05) is 24.3 Å². The van der Waals surface area contributed by atoms with Gasteiger partial charge in [-0.05, 0) is 24.7 Å². The van der Waals surface area contributed by atoms with E-state index in [1.54, 1.807) is 11.8 Å². The second-order valence-corrected chi connectivity index (χ2v) is 7.90. The first kappa shape index (κ1) is 18.2. The Kier molecular flexibility index (Phi) is 5.61. The monoisotopic (exact) mass is 379 g/mol. The van der Waals surface area contributed by atoms with Crippen molar-refractivity contribution in [3.05, 3.63) is 34.6 Å². The molecular weight excluding hydrogens is 356 g/mol. The zero-order valence-electron chi connectivity index (χ0n) is 14.7. The molecule has 6 nitrogen and oxygen atoms in total. The fourth-order valence-corrected chi connectivity index (χ4v) is 4.52. The Morgan fingerprint density at radius 2 is 2.24 bits per heavy atom. The van der Waals surface area contributed by atoms with Crippen molar-refractivity contribution in [2.45, 2.75) is 18.8 Å². The van der Waals surface area contributed by atoms with Crippen LogP contribution in [0.25, 0.3) is 11.4 Å². The molecule has 1 unspecified atom stereocenters. The summed E-state index contributed by atoms with van der Waals surface area (Å²) in [6.45, 7) is 4.45. The largest absolute Gasteiger partial charge is 0.468 e. The number of aryl methyl sites for hydroxylation is 1. The highest BCUT2D eigenvalue weighted by molar-refractivity contribution is 8.00. The molecule has 134 valence electrons. The van der Waals surface area contributed by atoms with E-state index in [4.69, 9.17) is 22.1 Å². The Labute approximate surface area is 156 Å². The SMILES string of the molecule is COC(=O)[C@@H]1C[NH+](Cn2nc(-c3ccccc3C)n(C)c2=S)CCS1. The maximum atomic E-state index is 11.8. The third-order valence-electron chi connectivity index (χ3n) is 4.51. The topological polar surface area (TPSA) is 53.5 Å². The van der Waals surface area contributed by atoms with Crippen molar-refractivity contribution >= 4 is 29.9 Å². The predicted molar refractivity (Wildman–Crippen MR) is 101 cm³/mol. The molecule has 0 amide bonds. The smallest absolute Gasteiger partial charge is 0.324 e. The zero-order valence-corrected chi connectivity index (χ0v) is 16.3. The molecule has 0 spiro atoms. The molecule has 1 aromatic heterocycles. The summed E-state index contributed by atoms with van der Waals surface area (Å²) < 4.78 is 9.40. The lowest BCUT2D eigenvalue weighted by molar-refractivity contribution is -0.921. The molecular formula is C17H23N4O2S2+. The molecule has 1 fully saturated rings. The van der Waals surface area contributed by atoms with Gasteiger partial charge in [0, 0.05) is 18.4 Å². The van der Waals surface area contributed by atoms with E-state index in [0.717, 1.165) is 30.2 Å². The molecule has 2 aromatic rings. The lowest BCUT2D eigenvalue weighted by Gasteiger charge is -2.27. The van der Waals surface area contributed by atoms with Gasteiger partial charge in [-0.3, -0.25) is 4.79 Å². The van der Waals surface area contributed by atoms with Gasteiger partial charge < -0.3 is 14.2 Å². The summed E-state index contributed by atoms with van der Waals surface area (Å²) >= 11 is 7.25. The van der Waals surface area contributed by atoms with Crippen LogP contribution in [0, 0.1) is 11.7 Å². The summed E-state index contributed by atoms with van der Waals surface area (Å²) in [4.78, 5) is 13.1. The maximum absolute atomic E-state index is 11.8. The van der Waals surface area contributed by atoms with Crippen molar-refractivity contribution in [1.29, 1.82) is 0 Å². The van der Waals surface area contributed by atoms with Crippen molar-refractivity contribution in [2.75, 3.05) is 26.0 Å². The van der Waals surface area contributed by atoms with E-state index in [-0.39, 0.29) is 11.2 Å². The van der Waals surface area contributed by atoms with Crippen molar-refractivity contribution in [2.24, 2.45) is 7.05 Å². The first-order valence-corrected chi connectivity index (χ1v) is 9.69. The summed E-state index contributed by atoms with van der Waals surface area (Å²) in [6.07, 6.45) is 0. The predicted octanol–water partition coefficient (Wildman–Crippen LogP) is 1.06. The van der Waals surface area contributed by atoms with E-state index in [2.05, 4.69) is 19.1 Å². The summed E-state index contributed by atoms with van der Waals surface area (Å²) in [5.74, 6) is 1.66. The van der Waals surface area contributed by atoms with Crippen LogP contribution in [0.15, 0.2) is 24.3 Å². The van der Waals surface area contributed by atoms with Gasteiger partial charge in [-0.25, -0.2) is 0 Å². The number of esters is 1. The van der Waals surface area contributed by atoms with Gasteiger partial charge >= 0.3 is 5.97 Å². The number of methoxy groups -OCH3 is 1. The lowest BCUT2D eigenvalue weighted by atomic mass is 10.1. The van der Waals surface area contributed by atoms with Gasteiger partial charge in [0.2, 0.25) is 4.77 Å². The number of nitrogens with one attached hydrogen (secondary N) is 1. The first-order chi connectivity index (χ1) is 12.0. The van der Waals surface area contributed by atoms with Gasteiger partial charge in [-0.15, -0.1) is 16.9 Å². The second kappa shape index (κ2) is 7.72. The van der Waals surface area contributed by atoms with E-state index in [1.165, 1.54) is 17.6 Å². The van der Waals surface area contributed by atoms with E-state index in [0.29, 0.717) is 11.4 Å². The third kappa shape index (κ3) is 3.80. The molecule has 1 aromatic carbocycles. The highest BCUT2D eigenvalue weighted by Gasteiger charge is 2.30. The second-order valence-electron chi connectivity index (χ2n) is 6.22. The van der Waals surface area contributed by atoms with E-state index >= 15 is 0 Å². The molecule has 3 rings (SSSR count). The molecule has 2 atom stereocenters. The number of quaternary nitrogens is 1. The number of benzene rings is 1. The van der Waals surface area contributed by atoms with Crippen LogP contribution >= 0.6 is 24.0 Å². The van der Waals surface area contributed by atoms with Crippen LogP contribution in [0.5, 0.6) is 0 Å². The molecule has 2 heterocycles. The summed E-state index contributed by atoms with van der Waals surface area (Å²) in [6, 6.07) is 8.17. The van der Waals surface area contributed by atoms with Crippen molar-refractivity contribution in [1.82, 2.24) is 14.3 Å². The van der Waals surface area contributed by atoms with Crippen LogP contribution in [-0.4, -0.2) is 51.5 Å². The highest BCUT2D eigenvalue weighted by atomic mass is 32.2. The van der Waals surface area contributed by atoms with Crippen LogP contribution in [0.1, 0.15) is 5.56 Å². The molecule has 1 N–H and O–H groups in total. The number of thioether (sulfide) groups is 1. The fourth-order valence-electron chi connectivity index (χ4n) is 3.06. The summed E-state index contributed by atoms with van der Waals surface area (Å²) in [5, 5.41) is 4.65. The van der Waals surface area contributed by atoms with Crippen molar-refractivity contribution < 1.29 is 14.4 Å². The van der Waals surface area contributed by atoms with Crippen LogP contribution < -0.4 is 4.90 Å². The molecule has 25 heavy (non-hydrogen) atoms. The number of hydrogen-bond donors (Lipinski definition) is 1. The highest BCUT2D eigenvalue weighted by Crippen LogP contribution is 2.21. The quantitative estimate of drug-likeness (QED) is 0.636. The Morgan fingerprint density at radius 1 is 1.48 bits per heavy atom. The van der Waals surface area contributed by atoms with E-state index < -0.39 is 0 Å². The fraction of sp³-hybridized carbons (Fsp3) is 0.471. The standard InChI is InChI=1S/C17H22N4O2S2/c1-12-6-4-5-7-13(12)15-18-21(17(24)19(15)2)11-20-8-9-25-14(10-20)16(22)23-3/h4-7,14H,8-11H2,1-3H3/p+1/t14-/m0/s1. The molecule has 1 aliphatic rings. The average Bonchev–Trinajstić information content (AvgIpc) is 2.90. The zero-order chi connectivity index (χ0) is 18.0. The molecule has 1 aliphatic heterocycles. The van der Waals surface area contributed by atoms with Crippen LogP contribution in [0.3, 0.4) is 0 Å². The number of carbonyl (C=O) groups excluding carboxylic acids is 1. The maximum Gasteiger partial charge on any atom is 0.324 e. The molecule has 8 heteroatoms. The Bertz CT molecular complexity index is 830. The van der Waals surface area contributed by atoms with Crippen molar-refractivity contribution in [3.8, 4) is 11.4 Å². The number of rotatable bonds is 4. The van der Waals surface area contributed by atoms with Gasteiger partial charge in [0.1, 0.15) is 6.54 Å². The number of hydrogen-bond acceptors (Lipinski definition) is 5. The minimum atomic E-state index is -0.146.